The van der Waals surface area contributed by atoms with Crippen LogP contribution in [0.5, 0.6) is 0 Å². The van der Waals surface area contributed by atoms with E-state index in [1.807, 2.05) is 0 Å². The summed E-state index contributed by atoms with van der Waals surface area (Å²) in [7, 11) is 0. The van der Waals surface area contributed by atoms with Crippen molar-refractivity contribution in [3.8, 4) is 0 Å². The van der Waals surface area contributed by atoms with Crippen LogP contribution in [0.1, 0.15) is 20.3 Å². The summed E-state index contributed by atoms with van der Waals surface area (Å²) in [6.07, 6.45) is 1.14. The molecule has 0 N–H and O–H groups in total. The van der Waals surface area contributed by atoms with Gasteiger partial charge in [0.05, 0.1) is 6.61 Å². The van der Waals surface area contributed by atoms with E-state index in [-0.39, 0.29) is 0 Å². The van der Waals surface area contributed by atoms with E-state index in [0.717, 1.165) is 19.6 Å². The first kappa shape index (κ1) is 7.80. The summed E-state index contributed by atoms with van der Waals surface area (Å²) in [5.41, 5.74) is 1.36. The second-order valence-electron chi connectivity index (χ2n) is 3.24. The van der Waals surface area contributed by atoms with E-state index in [0.29, 0.717) is 11.8 Å². The average molecular weight is 140 g/mol. The van der Waals surface area contributed by atoms with Crippen LogP contribution in [-0.4, -0.2) is 13.2 Å². The van der Waals surface area contributed by atoms with E-state index >= 15 is 0 Å². The Labute approximate surface area is 63.1 Å². The minimum atomic E-state index is 0.553. The maximum Gasteiger partial charge on any atom is 0.0528 e. The molecule has 0 radical (unpaired) electrons. The zero-order chi connectivity index (χ0) is 7.56. The molecule has 0 bridgehead atoms. The molecule has 1 rings (SSSR count). The molecule has 10 heavy (non-hydrogen) atoms. The van der Waals surface area contributed by atoms with Crippen LogP contribution in [0.15, 0.2) is 12.2 Å². The molecule has 0 spiro atoms. The number of hydrogen-bond acceptors (Lipinski definition) is 1. The van der Waals surface area contributed by atoms with Gasteiger partial charge in [0.25, 0.3) is 0 Å². The fraction of sp³-hybridized carbons (Fsp3) is 0.778. The van der Waals surface area contributed by atoms with Crippen LogP contribution in [0, 0.1) is 11.8 Å². The van der Waals surface area contributed by atoms with Crippen LogP contribution < -0.4 is 0 Å². The van der Waals surface area contributed by atoms with E-state index < -0.39 is 0 Å². The van der Waals surface area contributed by atoms with Gasteiger partial charge < -0.3 is 4.74 Å². The lowest BCUT2D eigenvalue weighted by molar-refractivity contribution is 0.124. The SMILES string of the molecule is C=C1[C@H](C)CCOC[C@@H]1C. The molecule has 0 aromatic heterocycles. The van der Waals surface area contributed by atoms with Crippen molar-refractivity contribution in [2.24, 2.45) is 11.8 Å². The minimum absolute atomic E-state index is 0.553. The molecule has 1 saturated heterocycles. The molecule has 1 aliphatic rings. The van der Waals surface area contributed by atoms with Gasteiger partial charge in [-0.1, -0.05) is 26.0 Å². The predicted octanol–water partition coefficient (Wildman–Crippen LogP) is 2.24. The van der Waals surface area contributed by atoms with E-state index in [9.17, 15) is 0 Å². The summed E-state index contributed by atoms with van der Waals surface area (Å²) in [5, 5.41) is 0. The zero-order valence-corrected chi connectivity index (χ0v) is 6.89. The van der Waals surface area contributed by atoms with E-state index in [1.54, 1.807) is 0 Å². The van der Waals surface area contributed by atoms with E-state index in [4.69, 9.17) is 4.74 Å². The summed E-state index contributed by atoms with van der Waals surface area (Å²) >= 11 is 0. The molecule has 58 valence electrons. The lowest BCUT2D eigenvalue weighted by Crippen LogP contribution is -2.07. The van der Waals surface area contributed by atoms with Crippen molar-refractivity contribution in [2.75, 3.05) is 13.2 Å². The van der Waals surface area contributed by atoms with Crippen LogP contribution in [0.4, 0.5) is 0 Å². The van der Waals surface area contributed by atoms with Gasteiger partial charge in [0.1, 0.15) is 0 Å². The lowest BCUT2D eigenvalue weighted by atomic mass is 9.91. The quantitative estimate of drug-likeness (QED) is 0.469. The molecule has 1 heteroatoms. The molecule has 0 unspecified atom stereocenters. The molecule has 0 aromatic rings. The minimum Gasteiger partial charge on any atom is -0.381 e. The van der Waals surface area contributed by atoms with E-state index in [1.165, 1.54) is 5.57 Å². The summed E-state index contributed by atoms with van der Waals surface area (Å²) in [5.74, 6) is 1.20. The largest absolute Gasteiger partial charge is 0.381 e. The molecule has 1 fully saturated rings. The van der Waals surface area contributed by atoms with Crippen molar-refractivity contribution < 1.29 is 4.74 Å². The molecule has 1 nitrogen and oxygen atoms in total. The van der Waals surface area contributed by atoms with Crippen LogP contribution in [0.2, 0.25) is 0 Å². The highest BCUT2D eigenvalue weighted by Crippen LogP contribution is 2.24. The number of ether oxygens (including phenoxy) is 1. The summed E-state index contributed by atoms with van der Waals surface area (Å²) in [6.45, 7) is 10.2. The normalized spacial score (nSPS) is 35.6. The first-order valence-electron chi connectivity index (χ1n) is 3.98. The van der Waals surface area contributed by atoms with Crippen molar-refractivity contribution in [3.05, 3.63) is 12.2 Å². The Morgan fingerprint density at radius 2 is 2.10 bits per heavy atom. The fourth-order valence-electron chi connectivity index (χ4n) is 1.30. The summed E-state index contributed by atoms with van der Waals surface area (Å²) in [6, 6.07) is 0. The smallest absolute Gasteiger partial charge is 0.0528 e. The second-order valence-corrected chi connectivity index (χ2v) is 3.24. The Hall–Kier alpha value is -0.300. The van der Waals surface area contributed by atoms with Gasteiger partial charge in [0, 0.05) is 12.5 Å². The van der Waals surface area contributed by atoms with Crippen molar-refractivity contribution in [1.82, 2.24) is 0 Å². The highest BCUT2D eigenvalue weighted by Gasteiger charge is 2.17. The third-order valence-corrected chi connectivity index (χ3v) is 2.33. The van der Waals surface area contributed by atoms with E-state index in [2.05, 4.69) is 20.4 Å². The molecule has 0 saturated carbocycles. The van der Waals surface area contributed by atoms with Crippen molar-refractivity contribution >= 4 is 0 Å². The standard InChI is InChI=1S/C9H16O/c1-7-4-5-10-6-8(2)9(7)3/h7-8H,3-6H2,1-2H3/t7-,8+/m1/s1. The third-order valence-electron chi connectivity index (χ3n) is 2.33. The van der Waals surface area contributed by atoms with Crippen LogP contribution in [0.3, 0.4) is 0 Å². The van der Waals surface area contributed by atoms with Gasteiger partial charge in [-0.3, -0.25) is 0 Å². The number of rotatable bonds is 0. The lowest BCUT2D eigenvalue weighted by Gasteiger charge is -2.14. The third kappa shape index (κ3) is 1.60. The maximum absolute atomic E-state index is 5.39. The molecule has 0 aliphatic carbocycles. The Balaban J connectivity index is 2.55. The second kappa shape index (κ2) is 3.20. The topological polar surface area (TPSA) is 9.23 Å². The zero-order valence-electron chi connectivity index (χ0n) is 6.89. The Bertz CT molecular complexity index is 115. The first-order valence-corrected chi connectivity index (χ1v) is 3.98. The van der Waals surface area contributed by atoms with Gasteiger partial charge in [0.15, 0.2) is 0 Å². The molecule has 0 aromatic carbocycles. The monoisotopic (exact) mass is 140 g/mol. The summed E-state index contributed by atoms with van der Waals surface area (Å²) in [4.78, 5) is 0. The van der Waals surface area contributed by atoms with Crippen LogP contribution >= 0.6 is 0 Å². The van der Waals surface area contributed by atoms with Gasteiger partial charge in [-0.15, -0.1) is 0 Å². The highest BCUT2D eigenvalue weighted by atomic mass is 16.5. The Morgan fingerprint density at radius 1 is 1.40 bits per heavy atom. The Kier molecular flexibility index (Phi) is 2.50. The average Bonchev–Trinajstić information content (AvgIpc) is 2.04. The fourth-order valence-corrected chi connectivity index (χ4v) is 1.30. The summed E-state index contributed by atoms with van der Waals surface area (Å²) < 4.78 is 5.39. The van der Waals surface area contributed by atoms with Crippen molar-refractivity contribution in [2.45, 2.75) is 20.3 Å². The maximum atomic E-state index is 5.39. The molecule has 0 amide bonds. The molecule has 2 atom stereocenters. The van der Waals surface area contributed by atoms with Crippen molar-refractivity contribution in [3.63, 3.8) is 0 Å². The molecular weight excluding hydrogens is 124 g/mol. The molecule has 1 heterocycles. The van der Waals surface area contributed by atoms with Crippen LogP contribution in [0.25, 0.3) is 0 Å². The van der Waals surface area contributed by atoms with Gasteiger partial charge in [-0.2, -0.15) is 0 Å². The van der Waals surface area contributed by atoms with Gasteiger partial charge in [-0.05, 0) is 12.3 Å². The molecule has 1 aliphatic heterocycles. The van der Waals surface area contributed by atoms with Gasteiger partial charge >= 0.3 is 0 Å². The van der Waals surface area contributed by atoms with Crippen LogP contribution in [-0.2, 0) is 4.74 Å². The van der Waals surface area contributed by atoms with Gasteiger partial charge in [0.2, 0.25) is 0 Å². The highest BCUT2D eigenvalue weighted by molar-refractivity contribution is 5.04. The first-order chi connectivity index (χ1) is 4.72. The molecular formula is C9H16O. The van der Waals surface area contributed by atoms with Gasteiger partial charge in [-0.25, -0.2) is 0 Å². The predicted molar refractivity (Wildman–Crippen MR) is 42.9 cm³/mol. The Morgan fingerprint density at radius 3 is 2.80 bits per heavy atom. The number of hydrogen-bond donors (Lipinski definition) is 0. The van der Waals surface area contributed by atoms with Crippen molar-refractivity contribution in [1.29, 1.82) is 0 Å².